The van der Waals surface area contributed by atoms with E-state index >= 15 is 0 Å². The Hall–Kier alpha value is -4.50. The summed E-state index contributed by atoms with van der Waals surface area (Å²) in [6.45, 7) is 1.36. The molecule has 9 heteroatoms. The monoisotopic (exact) mass is 481 g/mol. The Labute approximate surface area is 207 Å². The maximum Gasteiger partial charge on any atom is 0.280 e. The first-order chi connectivity index (χ1) is 17.8. The predicted octanol–water partition coefficient (Wildman–Crippen LogP) is 4.85. The molecular formula is C27H23N5O4. The largest absolute Gasteiger partial charge is 0.497 e. The summed E-state index contributed by atoms with van der Waals surface area (Å²) in [5.74, 6) is 2.32. The highest BCUT2D eigenvalue weighted by molar-refractivity contribution is 5.59. The minimum Gasteiger partial charge on any atom is -0.497 e. The van der Waals surface area contributed by atoms with E-state index in [-0.39, 0.29) is 6.10 Å². The lowest BCUT2D eigenvalue weighted by atomic mass is 10.1. The summed E-state index contributed by atoms with van der Waals surface area (Å²) in [5, 5.41) is 12.7. The van der Waals surface area contributed by atoms with E-state index in [1.165, 1.54) is 0 Å². The van der Waals surface area contributed by atoms with Gasteiger partial charge < -0.3 is 18.7 Å². The molecule has 0 bridgehead atoms. The molecule has 5 aromatic rings. The number of methoxy groups -OCH3 is 1. The molecule has 1 aliphatic heterocycles. The maximum atomic E-state index is 6.11. The number of benzene rings is 3. The Kier molecular flexibility index (Phi) is 5.88. The molecule has 2 aromatic heterocycles. The number of fused-ring (bicyclic) bond motifs is 1. The van der Waals surface area contributed by atoms with Gasteiger partial charge in [-0.25, -0.2) is 4.68 Å². The second-order valence-electron chi connectivity index (χ2n) is 8.36. The standard InChI is InChI=1S/C27H23N5O4/c1-33-22-9-5-8-20(14-22)24-15-32-23(17-35-24)25(29-31-32)27-28-26(30-36-27)19-10-12-21(13-11-19)34-16-18-6-3-2-4-7-18/h2-14,24H,15-17H2,1H3. The summed E-state index contributed by atoms with van der Waals surface area (Å²) in [4.78, 5) is 4.55. The Morgan fingerprint density at radius 2 is 1.83 bits per heavy atom. The van der Waals surface area contributed by atoms with Gasteiger partial charge in [-0.05, 0) is 47.5 Å². The number of aromatic nitrogens is 5. The molecule has 1 aliphatic rings. The molecule has 6 rings (SSSR count). The third-order valence-electron chi connectivity index (χ3n) is 6.05. The summed E-state index contributed by atoms with van der Waals surface area (Å²) < 4.78 is 24.6. The second kappa shape index (κ2) is 9.63. The molecule has 9 nitrogen and oxygen atoms in total. The van der Waals surface area contributed by atoms with Crippen LogP contribution < -0.4 is 9.47 Å². The molecule has 0 amide bonds. The SMILES string of the molecule is COc1cccc(C2Cn3nnc(-c4nc(-c5ccc(OCc6ccccc6)cc5)no4)c3CO2)c1. The van der Waals surface area contributed by atoms with Crippen LogP contribution in [-0.4, -0.2) is 32.2 Å². The topological polar surface area (TPSA) is 97.3 Å². The van der Waals surface area contributed by atoms with Crippen LogP contribution in [0.25, 0.3) is 23.0 Å². The molecule has 0 spiro atoms. The van der Waals surface area contributed by atoms with E-state index in [4.69, 9.17) is 18.7 Å². The van der Waals surface area contributed by atoms with Crippen molar-refractivity contribution in [3.05, 3.63) is 95.7 Å². The van der Waals surface area contributed by atoms with E-state index in [1.807, 2.05) is 83.5 Å². The maximum absolute atomic E-state index is 6.11. The van der Waals surface area contributed by atoms with Crippen LogP contribution in [0.5, 0.6) is 11.5 Å². The first kappa shape index (κ1) is 22.0. The van der Waals surface area contributed by atoms with Crippen LogP contribution in [0.4, 0.5) is 0 Å². The predicted molar refractivity (Wildman–Crippen MR) is 130 cm³/mol. The first-order valence-corrected chi connectivity index (χ1v) is 11.6. The Morgan fingerprint density at radius 1 is 0.972 bits per heavy atom. The molecule has 0 saturated heterocycles. The number of rotatable bonds is 7. The van der Waals surface area contributed by atoms with Crippen LogP contribution in [0.2, 0.25) is 0 Å². The lowest BCUT2D eigenvalue weighted by molar-refractivity contribution is -0.00127. The fourth-order valence-electron chi connectivity index (χ4n) is 4.10. The van der Waals surface area contributed by atoms with Crippen molar-refractivity contribution in [2.45, 2.75) is 25.9 Å². The molecule has 0 radical (unpaired) electrons. The molecule has 3 heterocycles. The van der Waals surface area contributed by atoms with Crippen molar-refractivity contribution in [2.75, 3.05) is 7.11 Å². The molecule has 0 aliphatic carbocycles. The van der Waals surface area contributed by atoms with Crippen molar-refractivity contribution in [1.82, 2.24) is 25.1 Å². The van der Waals surface area contributed by atoms with Crippen molar-refractivity contribution in [1.29, 1.82) is 0 Å². The van der Waals surface area contributed by atoms with Gasteiger partial charge in [-0.3, -0.25) is 0 Å². The van der Waals surface area contributed by atoms with E-state index < -0.39 is 0 Å². The van der Waals surface area contributed by atoms with Gasteiger partial charge in [0.25, 0.3) is 5.89 Å². The number of hydrogen-bond donors (Lipinski definition) is 0. The molecule has 0 N–H and O–H groups in total. The third kappa shape index (κ3) is 4.44. The molecule has 0 fully saturated rings. The zero-order valence-electron chi connectivity index (χ0n) is 19.6. The van der Waals surface area contributed by atoms with Gasteiger partial charge in [-0.1, -0.05) is 52.8 Å². The highest BCUT2D eigenvalue weighted by atomic mass is 16.5. The fraction of sp³-hybridized carbons (Fsp3) is 0.185. The number of hydrogen-bond acceptors (Lipinski definition) is 8. The van der Waals surface area contributed by atoms with Crippen molar-refractivity contribution in [2.24, 2.45) is 0 Å². The van der Waals surface area contributed by atoms with E-state index in [0.29, 0.717) is 37.2 Å². The van der Waals surface area contributed by atoms with Crippen LogP contribution >= 0.6 is 0 Å². The highest BCUT2D eigenvalue weighted by Gasteiger charge is 2.28. The number of nitrogens with zero attached hydrogens (tertiary/aromatic N) is 5. The minimum absolute atomic E-state index is 0.150. The van der Waals surface area contributed by atoms with Crippen LogP contribution in [-0.2, 0) is 24.5 Å². The van der Waals surface area contributed by atoms with Crippen LogP contribution in [0.1, 0.15) is 22.9 Å². The van der Waals surface area contributed by atoms with Crippen molar-refractivity contribution in [3.8, 4) is 34.5 Å². The molecule has 3 aromatic carbocycles. The van der Waals surface area contributed by atoms with E-state index in [2.05, 4.69) is 20.5 Å². The smallest absolute Gasteiger partial charge is 0.280 e. The minimum atomic E-state index is -0.150. The molecule has 1 unspecified atom stereocenters. The molecule has 180 valence electrons. The summed E-state index contributed by atoms with van der Waals surface area (Å²) >= 11 is 0. The Balaban J connectivity index is 1.15. The molecular weight excluding hydrogens is 458 g/mol. The molecule has 0 saturated carbocycles. The van der Waals surface area contributed by atoms with Gasteiger partial charge in [0.05, 0.1) is 26.0 Å². The lowest BCUT2D eigenvalue weighted by Crippen LogP contribution is -2.22. The van der Waals surface area contributed by atoms with Crippen LogP contribution in [0.3, 0.4) is 0 Å². The molecule has 1 atom stereocenters. The fourth-order valence-corrected chi connectivity index (χ4v) is 4.10. The summed E-state index contributed by atoms with van der Waals surface area (Å²) in [6.07, 6.45) is -0.150. The Bertz CT molecular complexity index is 1460. The average molecular weight is 482 g/mol. The Morgan fingerprint density at radius 3 is 2.67 bits per heavy atom. The summed E-state index contributed by atoms with van der Waals surface area (Å²) in [6, 6.07) is 25.4. The quantitative estimate of drug-likeness (QED) is 0.325. The molecule has 36 heavy (non-hydrogen) atoms. The van der Waals surface area contributed by atoms with Crippen molar-refractivity contribution >= 4 is 0 Å². The van der Waals surface area contributed by atoms with Gasteiger partial charge in [0.15, 0.2) is 5.69 Å². The number of ether oxygens (including phenoxy) is 3. The van der Waals surface area contributed by atoms with E-state index in [0.717, 1.165) is 33.9 Å². The van der Waals surface area contributed by atoms with Gasteiger partial charge in [0.2, 0.25) is 5.82 Å². The lowest BCUT2D eigenvalue weighted by Gasteiger charge is -2.24. The summed E-state index contributed by atoms with van der Waals surface area (Å²) in [7, 11) is 1.65. The normalized spacial score (nSPS) is 14.9. The van der Waals surface area contributed by atoms with Gasteiger partial charge in [0, 0.05) is 5.56 Å². The first-order valence-electron chi connectivity index (χ1n) is 11.6. The third-order valence-corrected chi connectivity index (χ3v) is 6.05. The van der Waals surface area contributed by atoms with Gasteiger partial charge >= 0.3 is 0 Å². The zero-order valence-corrected chi connectivity index (χ0v) is 19.6. The second-order valence-corrected chi connectivity index (χ2v) is 8.36. The zero-order chi connectivity index (χ0) is 24.3. The van der Waals surface area contributed by atoms with Crippen molar-refractivity contribution < 1.29 is 18.7 Å². The average Bonchev–Trinajstić information content (AvgIpc) is 3.60. The van der Waals surface area contributed by atoms with Crippen LogP contribution in [0.15, 0.2) is 83.4 Å². The van der Waals surface area contributed by atoms with Crippen molar-refractivity contribution in [3.63, 3.8) is 0 Å². The highest BCUT2D eigenvalue weighted by Crippen LogP contribution is 2.32. The van der Waals surface area contributed by atoms with E-state index in [9.17, 15) is 0 Å². The van der Waals surface area contributed by atoms with E-state index in [1.54, 1.807) is 7.11 Å². The summed E-state index contributed by atoms with van der Waals surface area (Å²) in [5.41, 5.74) is 4.27. The van der Waals surface area contributed by atoms with Gasteiger partial charge in [-0.2, -0.15) is 4.98 Å². The van der Waals surface area contributed by atoms with Gasteiger partial charge in [0.1, 0.15) is 24.2 Å². The van der Waals surface area contributed by atoms with Gasteiger partial charge in [-0.15, -0.1) is 5.10 Å². The van der Waals surface area contributed by atoms with Crippen LogP contribution in [0, 0.1) is 0 Å².